The van der Waals surface area contributed by atoms with Gasteiger partial charge in [0.2, 0.25) is 0 Å². The second-order valence-corrected chi connectivity index (χ2v) is 9.58. The Morgan fingerprint density at radius 2 is 1.76 bits per heavy atom. The first-order valence-corrected chi connectivity index (χ1v) is 12.5. The smallest absolute Gasteiger partial charge is 0.417 e. The summed E-state index contributed by atoms with van der Waals surface area (Å²) in [5.41, 5.74) is -1.24. The molecule has 4 rings (SSSR count). The van der Waals surface area contributed by atoms with Gasteiger partial charge in [-0.25, -0.2) is 9.59 Å². The Hall–Kier alpha value is -3.82. The summed E-state index contributed by atoms with van der Waals surface area (Å²) in [4.78, 5) is 38.7. The molecule has 1 unspecified atom stereocenters. The van der Waals surface area contributed by atoms with Crippen molar-refractivity contribution in [3.63, 3.8) is 0 Å². The lowest BCUT2D eigenvalue weighted by Gasteiger charge is -2.22. The third-order valence-electron chi connectivity index (χ3n) is 6.72. The van der Waals surface area contributed by atoms with Gasteiger partial charge in [0.05, 0.1) is 12.2 Å². The van der Waals surface area contributed by atoms with Gasteiger partial charge in [-0.1, -0.05) is 43.2 Å². The van der Waals surface area contributed by atoms with Gasteiger partial charge in [0, 0.05) is 23.6 Å². The summed E-state index contributed by atoms with van der Waals surface area (Å²) in [5, 5.41) is 2.59. The van der Waals surface area contributed by atoms with Gasteiger partial charge < -0.3 is 14.5 Å². The zero-order chi connectivity index (χ0) is 27.7. The molecular formula is C28H29F3N2O5. The van der Waals surface area contributed by atoms with Gasteiger partial charge in [-0.15, -0.1) is 0 Å². The van der Waals surface area contributed by atoms with E-state index in [-0.39, 0.29) is 30.0 Å². The lowest BCUT2D eigenvalue weighted by Crippen LogP contribution is -2.41. The van der Waals surface area contributed by atoms with Crippen LogP contribution in [0.4, 0.5) is 18.0 Å². The van der Waals surface area contributed by atoms with Gasteiger partial charge in [-0.2, -0.15) is 13.2 Å². The molecule has 7 nitrogen and oxygen atoms in total. The fourth-order valence-corrected chi connectivity index (χ4v) is 4.66. The first kappa shape index (κ1) is 27.2. The van der Waals surface area contributed by atoms with Crippen LogP contribution in [-0.4, -0.2) is 30.0 Å². The maximum Gasteiger partial charge on any atom is 0.417 e. The fraction of sp³-hybridized carbons (Fsp3) is 0.393. The van der Waals surface area contributed by atoms with Crippen molar-refractivity contribution in [2.75, 3.05) is 13.2 Å². The van der Waals surface area contributed by atoms with Crippen LogP contribution >= 0.6 is 0 Å². The first-order valence-electron chi connectivity index (χ1n) is 12.5. The highest BCUT2D eigenvalue weighted by Gasteiger charge is 2.48. The van der Waals surface area contributed by atoms with E-state index in [4.69, 9.17) is 9.15 Å². The minimum atomic E-state index is -4.70. The van der Waals surface area contributed by atoms with Crippen LogP contribution in [0.15, 0.2) is 51.7 Å². The average Bonchev–Trinajstić information content (AvgIpc) is 3.08. The van der Waals surface area contributed by atoms with Crippen molar-refractivity contribution < 1.29 is 31.9 Å². The predicted octanol–water partition coefficient (Wildman–Crippen LogP) is 5.70. The molecule has 1 atom stereocenters. The highest BCUT2D eigenvalue weighted by molar-refractivity contribution is 6.07. The average molecular weight is 531 g/mol. The standard InChI is InChI=1S/C28H29F3N2O5/c1-4-7-20-22(13-12-19-21(28(29,30)31)16-23(34)38-24(19)20)37-15-6-5-14-33-25(35)27(3,32-26(33)36)18-10-8-17(2)9-11-18/h8-13,16H,4-7,14-15H2,1-3H3,(H,32,36). The molecular weight excluding hydrogens is 501 g/mol. The molecule has 1 N–H and O–H groups in total. The van der Waals surface area contributed by atoms with Crippen LogP contribution in [0.5, 0.6) is 5.75 Å². The van der Waals surface area contributed by atoms with Gasteiger partial charge >= 0.3 is 17.8 Å². The van der Waals surface area contributed by atoms with E-state index >= 15 is 0 Å². The zero-order valence-corrected chi connectivity index (χ0v) is 21.4. The van der Waals surface area contributed by atoms with E-state index in [0.717, 1.165) is 5.56 Å². The molecule has 1 aliphatic heterocycles. The van der Waals surface area contributed by atoms with E-state index in [0.29, 0.717) is 48.6 Å². The molecule has 0 aliphatic carbocycles. The van der Waals surface area contributed by atoms with Gasteiger partial charge in [0.25, 0.3) is 5.91 Å². The van der Waals surface area contributed by atoms with Crippen LogP contribution in [0.2, 0.25) is 0 Å². The Morgan fingerprint density at radius 1 is 1.05 bits per heavy atom. The number of carbonyl (C=O) groups is 2. The van der Waals surface area contributed by atoms with Gasteiger partial charge in [0.1, 0.15) is 16.9 Å². The summed E-state index contributed by atoms with van der Waals surface area (Å²) in [5.74, 6) is 0.00583. The van der Waals surface area contributed by atoms with Crippen LogP contribution in [0.1, 0.15) is 55.4 Å². The van der Waals surface area contributed by atoms with Crippen molar-refractivity contribution >= 4 is 22.9 Å². The van der Waals surface area contributed by atoms with E-state index in [1.54, 1.807) is 6.92 Å². The summed E-state index contributed by atoms with van der Waals surface area (Å²) < 4.78 is 51.5. The summed E-state index contributed by atoms with van der Waals surface area (Å²) in [6.45, 7) is 5.87. The van der Waals surface area contributed by atoms with Crippen molar-refractivity contribution in [2.45, 2.75) is 58.2 Å². The van der Waals surface area contributed by atoms with Crippen LogP contribution in [-0.2, 0) is 22.9 Å². The zero-order valence-electron chi connectivity index (χ0n) is 21.4. The number of halogens is 3. The molecule has 3 amide bonds. The number of rotatable bonds is 9. The number of hydrogen-bond acceptors (Lipinski definition) is 5. The molecule has 0 spiro atoms. The van der Waals surface area contributed by atoms with E-state index in [1.165, 1.54) is 17.0 Å². The number of ether oxygens (including phenoxy) is 1. The number of imide groups is 1. The molecule has 38 heavy (non-hydrogen) atoms. The van der Waals surface area contributed by atoms with Gasteiger partial charge in [0.15, 0.2) is 0 Å². The SMILES string of the molecule is CCCc1c(OCCCCN2C(=O)NC(C)(c3ccc(C)cc3)C2=O)ccc2c(C(F)(F)F)cc(=O)oc12. The molecule has 1 aliphatic rings. The number of benzene rings is 2. The number of aryl methyl sites for hydroxylation is 2. The molecule has 2 aromatic carbocycles. The Bertz CT molecular complexity index is 1410. The number of alkyl halides is 3. The molecule has 0 bridgehead atoms. The minimum Gasteiger partial charge on any atom is -0.493 e. The second-order valence-electron chi connectivity index (χ2n) is 9.58. The molecule has 10 heteroatoms. The van der Waals surface area contributed by atoms with Crippen molar-refractivity contribution in [3.8, 4) is 5.75 Å². The largest absolute Gasteiger partial charge is 0.493 e. The number of nitrogens with one attached hydrogen (secondary N) is 1. The topological polar surface area (TPSA) is 88.9 Å². The predicted molar refractivity (Wildman–Crippen MR) is 135 cm³/mol. The van der Waals surface area contributed by atoms with E-state index in [1.807, 2.05) is 38.1 Å². The Balaban J connectivity index is 1.42. The Morgan fingerprint density at radius 3 is 2.42 bits per heavy atom. The third-order valence-corrected chi connectivity index (χ3v) is 6.72. The molecule has 1 fully saturated rings. The molecule has 1 saturated heterocycles. The highest BCUT2D eigenvalue weighted by Crippen LogP contribution is 2.37. The summed E-state index contributed by atoms with van der Waals surface area (Å²) >= 11 is 0. The lowest BCUT2D eigenvalue weighted by atomic mass is 9.91. The summed E-state index contributed by atoms with van der Waals surface area (Å²) in [6, 6.07) is 10.1. The van der Waals surface area contributed by atoms with Crippen LogP contribution in [0.25, 0.3) is 11.0 Å². The number of unbranched alkanes of at least 4 members (excludes halogenated alkanes) is 1. The maximum absolute atomic E-state index is 13.5. The highest BCUT2D eigenvalue weighted by atomic mass is 19.4. The van der Waals surface area contributed by atoms with Gasteiger partial charge in [-0.3, -0.25) is 9.69 Å². The number of nitrogens with zero attached hydrogens (tertiary/aromatic N) is 1. The minimum absolute atomic E-state index is 0.126. The van der Waals surface area contributed by atoms with Gasteiger partial charge in [-0.05, 0) is 50.8 Å². The Labute approximate surface area is 217 Å². The molecule has 0 saturated carbocycles. The quantitative estimate of drug-likeness (QED) is 0.218. The molecule has 3 aromatic rings. The number of fused-ring (bicyclic) bond motifs is 1. The monoisotopic (exact) mass is 530 g/mol. The number of urea groups is 1. The van der Waals surface area contributed by atoms with Crippen LogP contribution in [0.3, 0.4) is 0 Å². The van der Waals surface area contributed by atoms with E-state index in [9.17, 15) is 27.6 Å². The normalized spacial score (nSPS) is 17.8. The molecule has 0 radical (unpaired) electrons. The fourth-order valence-electron chi connectivity index (χ4n) is 4.66. The molecule has 2 heterocycles. The van der Waals surface area contributed by atoms with Crippen molar-refractivity contribution in [1.82, 2.24) is 10.2 Å². The lowest BCUT2D eigenvalue weighted by molar-refractivity contribution is -0.136. The molecule has 1 aromatic heterocycles. The first-order chi connectivity index (χ1) is 18.0. The number of amides is 3. The van der Waals surface area contributed by atoms with Crippen molar-refractivity contribution in [2.24, 2.45) is 0 Å². The second kappa shape index (κ2) is 10.5. The van der Waals surface area contributed by atoms with Crippen molar-refractivity contribution in [1.29, 1.82) is 0 Å². The molecule has 202 valence electrons. The van der Waals surface area contributed by atoms with E-state index < -0.39 is 28.9 Å². The van der Waals surface area contributed by atoms with Crippen LogP contribution in [0, 0.1) is 6.92 Å². The maximum atomic E-state index is 13.5. The summed E-state index contributed by atoms with van der Waals surface area (Å²) in [6.07, 6.45) is -2.80. The number of carbonyl (C=O) groups excluding carboxylic acids is 2. The van der Waals surface area contributed by atoms with E-state index in [2.05, 4.69) is 5.32 Å². The summed E-state index contributed by atoms with van der Waals surface area (Å²) in [7, 11) is 0. The number of hydrogen-bond donors (Lipinski definition) is 1. The Kier molecular flexibility index (Phi) is 7.53. The third kappa shape index (κ3) is 5.25. The van der Waals surface area contributed by atoms with Crippen LogP contribution < -0.4 is 15.7 Å². The van der Waals surface area contributed by atoms with Crippen molar-refractivity contribution in [3.05, 3.63) is 75.1 Å².